The van der Waals surface area contributed by atoms with Gasteiger partial charge < -0.3 is 0 Å². The number of Topliss-reactive ketones (excluding diaryl/α,β-unsaturated/α-hetero) is 1. The lowest BCUT2D eigenvalue weighted by molar-refractivity contribution is -0.121. The lowest BCUT2D eigenvalue weighted by Gasteiger charge is -2.04. The molecule has 0 aliphatic carbocycles. The predicted octanol–water partition coefficient (Wildman–Crippen LogP) is 2.92. The van der Waals surface area contributed by atoms with Crippen LogP contribution >= 0.6 is 15.9 Å². The number of halogens is 2. The first-order valence-corrected chi connectivity index (χ1v) is 4.78. The van der Waals surface area contributed by atoms with Crippen molar-refractivity contribution in [2.75, 3.05) is 0 Å². The molecule has 0 bridgehead atoms. The van der Waals surface area contributed by atoms with E-state index in [0.29, 0.717) is 0 Å². The maximum Gasteiger partial charge on any atom is 0.164 e. The number of ketones is 1. The highest BCUT2D eigenvalue weighted by Crippen LogP contribution is 2.14. The van der Waals surface area contributed by atoms with Crippen molar-refractivity contribution in [3.63, 3.8) is 0 Å². The van der Waals surface area contributed by atoms with Gasteiger partial charge in [-0.1, -0.05) is 28.1 Å². The van der Waals surface area contributed by atoms with Crippen molar-refractivity contribution < 1.29 is 9.18 Å². The van der Waals surface area contributed by atoms with E-state index < -0.39 is 12.0 Å². The molecule has 0 aliphatic rings. The maximum absolute atomic E-state index is 13.0. The van der Waals surface area contributed by atoms with Crippen LogP contribution in [0, 0.1) is 0 Å². The maximum atomic E-state index is 13.0. The van der Waals surface area contributed by atoms with Gasteiger partial charge in [0.05, 0.1) is 0 Å². The Bertz CT molecular complexity index is 312. The molecule has 1 rings (SSSR count). The first-order chi connectivity index (χ1) is 6.09. The Balaban J connectivity index is 2.69. The number of hydrogen-bond donors (Lipinski definition) is 0. The van der Waals surface area contributed by atoms with Crippen molar-refractivity contribution in [3.8, 4) is 0 Å². The molecule has 1 aromatic carbocycles. The van der Waals surface area contributed by atoms with E-state index in [2.05, 4.69) is 15.9 Å². The highest BCUT2D eigenvalue weighted by Gasteiger charge is 2.12. The largest absolute Gasteiger partial charge is 0.297 e. The van der Waals surface area contributed by atoms with E-state index in [1.54, 1.807) is 6.07 Å². The summed E-state index contributed by atoms with van der Waals surface area (Å²) in [6, 6.07) is 7.31. The minimum Gasteiger partial charge on any atom is -0.297 e. The van der Waals surface area contributed by atoms with E-state index in [4.69, 9.17) is 0 Å². The first kappa shape index (κ1) is 10.4. The zero-order valence-electron chi connectivity index (χ0n) is 7.26. The number of rotatable bonds is 3. The monoisotopic (exact) mass is 244 g/mol. The molecule has 1 aromatic rings. The van der Waals surface area contributed by atoms with Crippen molar-refractivity contribution in [2.45, 2.75) is 19.5 Å². The standard InChI is InChI=1S/C10H10BrFO/c1-7(13)10(12)6-8-3-2-4-9(11)5-8/h2-5,10H,6H2,1H3. The number of alkyl halides is 1. The molecule has 3 heteroatoms. The van der Waals surface area contributed by atoms with Crippen LogP contribution in [0.3, 0.4) is 0 Å². The third-order valence-corrected chi connectivity index (χ3v) is 2.24. The van der Waals surface area contributed by atoms with Gasteiger partial charge in [0, 0.05) is 10.9 Å². The Morgan fingerprint density at radius 3 is 2.85 bits per heavy atom. The van der Waals surface area contributed by atoms with Gasteiger partial charge in [-0.25, -0.2) is 4.39 Å². The van der Waals surface area contributed by atoms with Gasteiger partial charge in [-0.05, 0) is 24.6 Å². The molecule has 0 heterocycles. The lowest BCUT2D eigenvalue weighted by Crippen LogP contribution is -2.14. The highest BCUT2D eigenvalue weighted by atomic mass is 79.9. The second-order valence-corrected chi connectivity index (χ2v) is 3.83. The second-order valence-electron chi connectivity index (χ2n) is 2.91. The van der Waals surface area contributed by atoms with Crippen molar-refractivity contribution >= 4 is 21.7 Å². The van der Waals surface area contributed by atoms with Gasteiger partial charge in [0.25, 0.3) is 0 Å². The van der Waals surface area contributed by atoms with Crippen LogP contribution in [0.15, 0.2) is 28.7 Å². The molecule has 0 aliphatic heterocycles. The molecule has 1 nitrogen and oxygen atoms in total. The van der Waals surface area contributed by atoms with Crippen molar-refractivity contribution in [2.24, 2.45) is 0 Å². The molecule has 0 spiro atoms. The first-order valence-electron chi connectivity index (χ1n) is 3.98. The SMILES string of the molecule is CC(=O)C(F)Cc1cccc(Br)c1. The van der Waals surface area contributed by atoms with Gasteiger partial charge in [0.2, 0.25) is 0 Å². The molecular formula is C10H10BrFO. The van der Waals surface area contributed by atoms with Gasteiger partial charge >= 0.3 is 0 Å². The molecule has 1 atom stereocenters. The van der Waals surface area contributed by atoms with Gasteiger partial charge in [0.15, 0.2) is 12.0 Å². The third kappa shape index (κ3) is 3.27. The number of carbonyl (C=O) groups excluding carboxylic acids is 1. The topological polar surface area (TPSA) is 17.1 Å². The van der Waals surface area contributed by atoms with Crippen LogP contribution in [0.1, 0.15) is 12.5 Å². The molecule has 70 valence electrons. The van der Waals surface area contributed by atoms with Gasteiger partial charge in [-0.15, -0.1) is 0 Å². The fourth-order valence-corrected chi connectivity index (χ4v) is 1.46. The van der Waals surface area contributed by atoms with E-state index in [9.17, 15) is 9.18 Å². The number of benzene rings is 1. The predicted molar refractivity (Wildman–Crippen MR) is 53.4 cm³/mol. The summed E-state index contributed by atoms with van der Waals surface area (Å²) in [7, 11) is 0. The zero-order valence-corrected chi connectivity index (χ0v) is 8.84. The lowest BCUT2D eigenvalue weighted by atomic mass is 10.1. The summed E-state index contributed by atoms with van der Waals surface area (Å²) in [6.45, 7) is 1.27. The van der Waals surface area contributed by atoms with Crippen molar-refractivity contribution in [3.05, 3.63) is 34.3 Å². The molecule has 0 fully saturated rings. The fourth-order valence-electron chi connectivity index (χ4n) is 1.01. The van der Waals surface area contributed by atoms with E-state index in [-0.39, 0.29) is 6.42 Å². The molecule has 0 saturated carbocycles. The van der Waals surface area contributed by atoms with Crippen LogP contribution < -0.4 is 0 Å². The van der Waals surface area contributed by atoms with E-state index in [1.165, 1.54) is 6.92 Å². The van der Waals surface area contributed by atoms with Crippen LogP contribution in [-0.4, -0.2) is 12.0 Å². The van der Waals surface area contributed by atoms with E-state index in [0.717, 1.165) is 10.0 Å². The molecule has 0 amide bonds. The van der Waals surface area contributed by atoms with Crippen molar-refractivity contribution in [1.29, 1.82) is 0 Å². The summed E-state index contributed by atoms with van der Waals surface area (Å²) in [5, 5.41) is 0. The van der Waals surface area contributed by atoms with Gasteiger partial charge in [0.1, 0.15) is 0 Å². The highest BCUT2D eigenvalue weighted by molar-refractivity contribution is 9.10. The smallest absolute Gasteiger partial charge is 0.164 e. The molecule has 13 heavy (non-hydrogen) atoms. The summed E-state index contributed by atoms with van der Waals surface area (Å²) in [6.07, 6.45) is -1.22. The molecule has 0 aromatic heterocycles. The minimum atomic E-state index is -1.38. The van der Waals surface area contributed by atoms with Crippen LogP contribution in [0.2, 0.25) is 0 Å². The fraction of sp³-hybridized carbons (Fsp3) is 0.300. The summed E-state index contributed by atoms with van der Waals surface area (Å²) < 4.78 is 13.9. The normalized spacial score (nSPS) is 12.5. The Kier molecular flexibility index (Phi) is 3.60. The van der Waals surface area contributed by atoms with Crippen LogP contribution in [0.4, 0.5) is 4.39 Å². The second kappa shape index (κ2) is 4.51. The molecule has 1 unspecified atom stereocenters. The Morgan fingerprint density at radius 1 is 1.62 bits per heavy atom. The number of carbonyl (C=O) groups is 1. The van der Waals surface area contributed by atoms with Gasteiger partial charge in [-0.2, -0.15) is 0 Å². The van der Waals surface area contributed by atoms with Crippen LogP contribution in [0.5, 0.6) is 0 Å². The third-order valence-electron chi connectivity index (χ3n) is 1.75. The van der Waals surface area contributed by atoms with Crippen LogP contribution in [-0.2, 0) is 11.2 Å². The van der Waals surface area contributed by atoms with Gasteiger partial charge in [-0.3, -0.25) is 4.79 Å². The zero-order chi connectivity index (χ0) is 9.84. The summed E-state index contributed by atoms with van der Waals surface area (Å²) >= 11 is 3.28. The van der Waals surface area contributed by atoms with E-state index >= 15 is 0 Å². The average molecular weight is 245 g/mol. The average Bonchev–Trinajstić information content (AvgIpc) is 2.04. The Labute approximate surface area is 85.1 Å². The summed E-state index contributed by atoms with van der Waals surface area (Å²) in [5.41, 5.74) is 0.831. The summed E-state index contributed by atoms with van der Waals surface area (Å²) in [5.74, 6) is -0.417. The molecular weight excluding hydrogens is 235 g/mol. The molecule has 0 radical (unpaired) electrons. The quantitative estimate of drug-likeness (QED) is 0.800. The summed E-state index contributed by atoms with van der Waals surface area (Å²) in [4.78, 5) is 10.6. The Morgan fingerprint density at radius 2 is 2.31 bits per heavy atom. The molecule has 0 N–H and O–H groups in total. The number of hydrogen-bond acceptors (Lipinski definition) is 1. The Hall–Kier alpha value is -0.700. The van der Waals surface area contributed by atoms with E-state index in [1.807, 2.05) is 18.2 Å². The van der Waals surface area contributed by atoms with Crippen LogP contribution in [0.25, 0.3) is 0 Å². The van der Waals surface area contributed by atoms with Crippen molar-refractivity contribution in [1.82, 2.24) is 0 Å². The molecule has 0 saturated heterocycles. The minimum absolute atomic E-state index is 0.161.